The van der Waals surface area contributed by atoms with Gasteiger partial charge < -0.3 is 15.8 Å². The van der Waals surface area contributed by atoms with Crippen LogP contribution in [0.1, 0.15) is 42.9 Å². The normalized spacial score (nSPS) is 18.8. The summed E-state index contributed by atoms with van der Waals surface area (Å²) in [5, 5.41) is 16.3. The number of hydrogen-bond donors (Lipinski definition) is 2. The van der Waals surface area contributed by atoms with E-state index in [4.69, 9.17) is 10.9 Å². The molecule has 0 atom stereocenters. The summed E-state index contributed by atoms with van der Waals surface area (Å²) in [6.45, 7) is 7.68. The van der Waals surface area contributed by atoms with Crippen molar-refractivity contribution in [1.82, 2.24) is 14.7 Å². The Bertz CT molecular complexity index is 556. The molecule has 1 saturated heterocycles. The number of piperidine rings is 1. The average Bonchev–Trinajstić information content (AvgIpc) is 2.87. The van der Waals surface area contributed by atoms with Crippen LogP contribution >= 0.6 is 0 Å². The van der Waals surface area contributed by atoms with Crippen LogP contribution in [0.4, 0.5) is 0 Å². The van der Waals surface area contributed by atoms with Crippen LogP contribution in [0.25, 0.3) is 0 Å². The second-order valence-corrected chi connectivity index (χ2v) is 5.82. The van der Waals surface area contributed by atoms with Gasteiger partial charge in [-0.1, -0.05) is 12.1 Å². The lowest BCUT2D eigenvalue weighted by Gasteiger charge is -2.38. The second kappa shape index (κ2) is 5.75. The van der Waals surface area contributed by atoms with E-state index in [2.05, 4.69) is 10.3 Å². The van der Waals surface area contributed by atoms with Crippen LogP contribution < -0.4 is 5.73 Å². The van der Waals surface area contributed by atoms with Crippen molar-refractivity contribution in [3.05, 3.63) is 17.5 Å². The van der Waals surface area contributed by atoms with Crippen molar-refractivity contribution in [2.45, 2.75) is 40.2 Å². The lowest BCUT2D eigenvalue weighted by atomic mass is 9.79. The summed E-state index contributed by atoms with van der Waals surface area (Å²) in [7, 11) is 0. The Balaban J connectivity index is 2.10. The van der Waals surface area contributed by atoms with Gasteiger partial charge in [0.25, 0.3) is 5.91 Å². The molecule has 1 amide bonds. The first kappa shape index (κ1) is 15.3. The Hall–Kier alpha value is -2.05. The smallest absolute Gasteiger partial charge is 0.272 e. The minimum atomic E-state index is -0.341. The molecular formula is C14H23N5O2. The Labute approximate surface area is 124 Å². The molecule has 21 heavy (non-hydrogen) atoms. The number of carbonyl (C=O) groups is 1. The summed E-state index contributed by atoms with van der Waals surface area (Å²) in [4.78, 5) is 14.4. The summed E-state index contributed by atoms with van der Waals surface area (Å²) in [6.07, 6.45) is 1.38. The number of likely N-dealkylation sites (tertiary alicyclic amines) is 1. The van der Waals surface area contributed by atoms with Gasteiger partial charge in [-0.25, -0.2) is 0 Å². The number of amides is 1. The molecule has 3 N–H and O–H groups in total. The average molecular weight is 293 g/mol. The Kier molecular flexibility index (Phi) is 4.20. The van der Waals surface area contributed by atoms with Crippen LogP contribution in [0.3, 0.4) is 0 Å². The number of carbonyl (C=O) groups excluding carboxylic acids is 1. The summed E-state index contributed by atoms with van der Waals surface area (Å²) in [6, 6.07) is 1.82. The number of hydrogen-bond acceptors (Lipinski definition) is 4. The van der Waals surface area contributed by atoms with Crippen LogP contribution in [0.5, 0.6) is 0 Å². The van der Waals surface area contributed by atoms with Gasteiger partial charge in [0.15, 0.2) is 0 Å². The van der Waals surface area contributed by atoms with E-state index in [0.29, 0.717) is 38.2 Å². The van der Waals surface area contributed by atoms with Crippen molar-refractivity contribution in [3.8, 4) is 0 Å². The first-order valence-electron chi connectivity index (χ1n) is 7.23. The number of aromatic nitrogens is 2. The molecular weight excluding hydrogens is 270 g/mol. The molecule has 1 fully saturated rings. The second-order valence-electron chi connectivity index (χ2n) is 5.82. The maximum absolute atomic E-state index is 12.6. The molecule has 0 aliphatic carbocycles. The lowest BCUT2D eigenvalue weighted by Crippen LogP contribution is -2.47. The quantitative estimate of drug-likeness (QED) is 0.379. The highest BCUT2D eigenvalue weighted by Gasteiger charge is 2.36. The molecule has 0 aromatic carbocycles. The van der Waals surface area contributed by atoms with Crippen molar-refractivity contribution in [2.24, 2.45) is 16.3 Å². The highest BCUT2D eigenvalue weighted by Crippen LogP contribution is 2.31. The highest BCUT2D eigenvalue weighted by atomic mass is 16.4. The number of aryl methyl sites for hydroxylation is 2. The van der Waals surface area contributed by atoms with Gasteiger partial charge in [-0.05, 0) is 32.8 Å². The first-order valence-corrected chi connectivity index (χ1v) is 7.23. The fourth-order valence-electron chi connectivity index (χ4n) is 2.70. The van der Waals surface area contributed by atoms with E-state index in [1.54, 1.807) is 4.68 Å². The van der Waals surface area contributed by atoms with Crippen LogP contribution in [0, 0.1) is 12.3 Å². The van der Waals surface area contributed by atoms with Crippen molar-refractivity contribution < 1.29 is 10.0 Å². The number of amidine groups is 1. The molecule has 2 rings (SSSR count). The molecule has 7 nitrogen and oxygen atoms in total. The fourth-order valence-corrected chi connectivity index (χ4v) is 2.70. The number of nitrogens with two attached hydrogens (primary N) is 1. The van der Waals surface area contributed by atoms with Crippen molar-refractivity contribution >= 4 is 11.7 Å². The Morgan fingerprint density at radius 2 is 2.14 bits per heavy atom. The van der Waals surface area contributed by atoms with Gasteiger partial charge in [-0.15, -0.1) is 0 Å². The fraction of sp³-hybridized carbons (Fsp3) is 0.643. The maximum atomic E-state index is 12.6. The maximum Gasteiger partial charge on any atom is 0.272 e. The SMILES string of the molecule is CCn1nc(C)cc1C(=O)N1CCC(C)(/C(N)=N/O)CC1. The zero-order chi connectivity index (χ0) is 15.6. The largest absolute Gasteiger partial charge is 0.409 e. The van der Waals surface area contributed by atoms with Crippen LogP contribution in [-0.4, -0.2) is 44.7 Å². The summed E-state index contributed by atoms with van der Waals surface area (Å²) < 4.78 is 1.73. The third-order valence-electron chi connectivity index (χ3n) is 4.30. The van der Waals surface area contributed by atoms with Gasteiger partial charge in [0.1, 0.15) is 11.5 Å². The zero-order valence-electron chi connectivity index (χ0n) is 12.8. The van der Waals surface area contributed by atoms with Gasteiger partial charge >= 0.3 is 0 Å². The third-order valence-corrected chi connectivity index (χ3v) is 4.30. The lowest BCUT2D eigenvalue weighted by molar-refractivity contribution is 0.0654. The molecule has 1 aromatic rings. The monoisotopic (exact) mass is 293 g/mol. The first-order chi connectivity index (χ1) is 9.91. The standard InChI is InChI=1S/C14H23N5O2/c1-4-19-11(9-10(2)16-19)12(20)18-7-5-14(3,6-8-18)13(15)17-21/h9,21H,4-8H2,1-3H3,(H2,15,17). The van der Waals surface area contributed by atoms with E-state index in [-0.39, 0.29) is 17.2 Å². The highest BCUT2D eigenvalue weighted by molar-refractivity contribution is 5.93. The molecule has 1 aromatic heterocycles. The van der Waals surface area contributed by atoms with Crippen LogP contribution in [-0.2, 0) is 6.54 Å². The van der Waals surface area contributed by atoms with Crippen LogP contribution in [0.2, 0.25) is 0 Å². The molecule has 7 heteroatoms. The third kappa shape index (κ3) is 2.86. The Morgan fingerprint density at radius 3 is 2.67 bits per heavy atom. The van der Waals surface area contributed by atoms with E-state index < -0.39 is 0 Å². The van der Waals surface area contributed by atoms with E-state index in [9.17, 15) is 4.79 Å². The zero-order valence-corrected chi connectivity index (χ0v) is 12.8. The van der Waals surface area contributed by atoms with E-state index >= 15 is 0 Å². The van der Waals surface area contributed by atoms with Crippen LogP contribution in [0.15, 0.2) is 11.2 Å². The van der Waals surface area contributed by atoms with Gasteiger partial charge in [0.05, 0.1) is 5.69 Å². The number of oxime groups is 1. The minimum Gasteiger partial charge on any atom is -0.409 e. The predicted molar refractivity (Wildman–Crippen MR) is 79.3 cm³/mol. The number of nitrogens with zero attached hydrogens (tertiary/aromatic N) is 4. The predicted octanol–water partition coefficient (Wildman–Crippen LogP) is 1.20. The number of rotatable bonds is 3. The van der Waals surface area contributed by atoms with Crippen molar-refractivity contribution in [3.63, 3.8) is 0 Å². The summed E-state index contributed by atoms with van der Waals surface area (Å²) in [5.41, 5.74) is 6.88. The molecule has 0 spiro atoms. The van der Waals surface area contributed by atoms with E-state index in [1.807, 2.05) is 31.7 Å². The molecule has 0 saturated carbocycles. The van der Waals surface area contributed by atoms with Gasteiger partial charge in [0, 0.05) is 25.0 Å². The molecule has 0 unspecified atom stereocenters. The Morgan fingerprint density at radius 1 is 1.52 bits per heavy atom. The van der Waals surface area contributed by atoms with Crippen molar-refractivity contribution in [2.75, 3.05) is 13.1 Å². The molecule has 1 aliphatic heterocycles. The molecule has 0 radical (unpaired) electrons. The molecule has 116 valence electrons. The molecule has 2 heterocycles. The van der Waals surface area contributed by atoms with Gasteiger partial charge in [0.2, 0.25) is 0 Å². The minimum absolute atomic E-state index is 0.000918. The van der Waals surface area contributed by atoms with Gasteiger partial charge in [-0.2, -0.15) is 5.10 Å². The molecule has 0 bridgehead atoms. The molecule has 1 aliphatic rings. The van der Waals surface area contributed by atoms with E-state index in [1.165, 1.54) is 0 Å². The van der Waals surface area contributed by atoms with E-state index in [0.717, 1.165) is 5.69 Å². The summed E-state index contributed by atoms with van der Waals surface area (Å²) in [5.74, 6) is 0.239. The summed E-state index contributed by atoms with van der Waals surface area (Å²) >= 11 is 0. The topological polar surface area (TPSA) is 96.7 Å². The van der Waals surface area contributed by atoms with Crippen molar-refractivity contribution in [1.29, 1.82) is 0 Å². The van der Waals surface area contributed by atoms with Gasteiger partial charge in [-0.3, -0.25) is 9.48 Å².